The maximum absolute atomic E-state index is 10.9. The fourth-order valence-corrected chi connectivity index (χ4v) is 2.23. The zero-order valence-corrected chi connectivity index (χ0v) is 11.7. The molecule has 2 unspecified atom stereocenters. The number of hydrogen-bond donors (Lipinski definition) is 3. The predicted molar refractivity (Wildman–Crippen MR) is 73.2 cm³/mol. The van der Waals surface area contributed by atoms with Crippen LogP contribution in [0.2, 0.25) is 0 Å². The Labute approximate surface area is 109 Å². The van der Waals surface area contributed by atoms with E-state index in [0.29, 0.717) is 11.4 Å². The Morgan fingerprint density at radius 1 is 1.44 bits per heavy atom. The van der Waals surface area contributed by atoms with E-state index in [9.17, 15) is 4.21 Å². The lowest BCUT2D eigenvalue weighted by molar-refractivity contribution is 0.276. The number of benzene rings is 1. The van der Waals surface area contributed by atoms with Gasteiger partial charge in [-0.25, -0.2) is 4.21 Å². The van der Waals surface area contributed by atoms with E-state index in [2.05, 4.69) is 30.8 Å². The molecule has 0 aliphatic carbocycles. The van der Waals surface area contributed by atoms with E-state index in [0.717, 1.165) is 11.3 Å². The van der Waals surface area contributed by atoms with Gasteiger partial charge in [-0.05, 0) is 30.0 Å². The first-order valence-electron chi connectivity index (χ1n) is 5.76. The fourth-order valence-electron chi connectivity index (χ4n) is 1.89. The van der Waals surface area contributed by atoms with Crippen LogP contribution in [-0.2, 0) is 16.7 Å². The third kappa shape index (κ3) is 2.59. The second-order valence-corrected chi connectivity index (χ2v) is 6.11. The van der Waals surface area contributed by atoms with Gasteiger partial charge in [-0.1, -0.05) is 20.8 Å². The molecule has 6 heteroatoms. The summed E-state index contributed by atoms with van der Waals surface area (Å²) in [5.41, 5.74) is 2.41. The quantitative estimate of drug-likeness (QED) is 0.723. The van der Waals surface area contributed by atoms with Crippen molar-refractivity contribution in [1.29, 1.82) is 0 Å². The van der Waals surface area contributed by atoms with Gasteiger partial charge in [-0.15, -0.1) is 0 Å². The van der Waals surface area contributed by atoms with Crippen LogP contribution in [0.5, 0.6) is 5.75 Å². The van der Waals surface area contributed by atoms with Gasteiger partial charge in [0.05, 0.1) is 11.4 Å². The van der Waals surface area contributed by atoms with E-state index in [1.165, 1.54) is 0 Å². The van der Waals surface area contributed by atoms with Crippen LogP contribution in [0.4, 0.5) is 11.4 Å². The van der Waals surface area contributed by atoms with Gasteiger partial charge < -0.3 is 10.1 Å². The summed E-state index contributed by atoms with van der Waals surface area (Å²) in [6.07, 6.45) is -0.136. The molecule has 3 N–H and O–H groups in total. The summed E-state index contributed by atoms with van der Waals surface area (Å²) < 4.78 is 28.0. The Bertz CT molecular complexity index is 497. The molecule has 18 heavy (non-hydrogen) atoms. The van der Waals surface area contributed by atoms with Crippen LogP contribution >= 0.6 is 0 Å². The molecule has 1 aliphatic rings. The molecule has 0 amide bonds. The second kappa shape index (κ2) is 4.44. The van der Waals surface area contributed by atoms with Crippen molar-refractivity contribution < 1.29 is 13.5 Å². The molecule has 1 aromatic rings. The number of rotatable bonds is 2. The van der Waals surface area contributed by atoms with Gasteiger partial charge >= 0.3 is 0 Å². The van der Waals surface area contributed by atoms with Gasteiger partial charge in [0.25, 0.3) is 11.3 Å². The summed E-state index contributed by atoms with van der Waals surface area (Å²) in [6.45, 7) is 8.16. The SMILES string of the molecule is CC1Nc2cc(C(C)(C)C)cc(NS(=O)O)c2O1. The molecule has 0 radical (unpaired) electrons. The van der Waals surface area contributed by atoms with Crippen LogP contribution in [0, 0.1) is 0 Å². The van der Waals surface area contributed by atoms with Crippen molar-refractivity contribution in [2.24, 2.45) is 0 Å². The van der Waals surface area contributed by atoms with Crippen molar-refractivity contribution >= 4 is 22.6 Å². The van der Waals surface area contributed by atoms with Gasteiger partial charge in [0, 0.05) is 0 Å². The molecule has 0 saturated carbocycles. The summed E-state index contributed by atoms with van der Waals surface area (Å²) in [5, 5.41) is 3.18. The van der Waals surface area contributed by atoms with Crippen molar-refractivity contribution in [3.63, 3.8) is 0 Å². The van der Waals surface area contributed by atoms with E-state index in [4.69, 9.17) is 9.29 Å². The molecule has 2 atom stereocenters. The molecule has 1 aromatic carbocycles. The summed E-state index contributed by atoms with van der Waals surface area (Å²) in [7, 11) is 0. The Morgan fingerprint density at radius 3 is 2.67 bits per heavy atom. The number of anilines is 2. The maximum atomic E-state index is 10.9. The second-order valence-electron chi connectivity index (χ2n) is 5.41. The normalized spacial score (nSPS) is 19.7. The minimum Gasteiger partial charge on any atom is -0.467 e. The highest BCUT2D eigenvalue weighted by Crippen LogP contribution is 2.42. The number of ether oxygens (including phenoxy) is 1. The molecule has 0 saturated heterocycles. The average Bonchev–Trinajstić information content (AvgIpc) is 2.56. The van der Waals surface area contributed by atoms with Gasteiger partial charge in [-0.2, -0.15) is 0 Å². The molecule has 100 valence electrons. The molecule has 0 bridgehead atoms. The van der Waals surface area contributed by atoms with E-state index < -0.39 is 11.3 Å². The minimum atomic E-state index is -2.11. The molecule has 5 nitrogen and oxygen atoms in total. The van der Waals surface area contributed by atoms with Crippen molar-refractivity contribution in [2.75, 3.05) is 10.0 Å². The zero-order valence-electron chi connectivity index (χ0n) is 10.9. The lowest BCUT2D eigenvalue weighted by atomic mass is 9.86. The molecule has 0 spiro atoms. The van der Waals surface area contributed by atoms with E-state index in [1.807, 2.05) is 19.1 Å². The number of nitrogens with one attached hydrogen (secondary N) is 2. The molecule has 1 aliphatic heterocycles. The largest absolute Gasteiger partial charge is 0.467 e. The molecular weight excluding hydrogens is 252 g/mol. The fraction of sp³-hybridized carbons (Fsp3) is 0.500. The van der Waals surface area contributed by atoms with E-state index >= 15 is 0 Å². The van der Waals surface area contributed by atoms with E-state index in [-0.39, 0.29) is 11.6 Å². The van der Waals surface area contributed by atoms with E-state index in [1.54, 1.807) is 0 Å². The van der Waals surface area contributed by atoms with Crippen LogP contribution in [0.3, 0.4) is 0 Å². The van der Waals surface area contributed by atoms with Crippen LogP contribution < -0.4 is 14.8 Å². The summed E-state index contributed by atoms with van der Waals surface area (Å²) in [6, 6.07) is 3.87. The highest BCUT2D eigenvalue weighted by molar-refractivity contribution is 7.80. The van der Waals surface area contributed by atoms with Gasteiger partial charge in [0.2, 0.25) is 0 Å². The summed E-state index contributed by atoms with van der Waals surface area (Å²) >= 11 is -2.11. The van der Waals surface area contributed by atoms with Crippen molar-refractivity contribution in [3.8, 4) is 5.75 Å². The monoisotopic (exact) mass is 270 g/mol. The highest BCUT2D eigenvalue weighted by Gasteiger charge is 2.26. The summed E-state index contributed by atoms with van der Waals surface area (Å²) in [5.74, 6) is 0.595. The average molecular weight is 270 g/mol. The van der Waals surface area contributed by atoms with Crippen LogP contribution in [-0.4, -0.2) is 15.0 Å². The zero-order chi connectivity index (χ0) is 13.5. The Balaban J connectivity index is 2.50. The smallest absolute Gasteiger partial charge is 0.259 e. The molecule has 0 fully saturated rings. The number of fused-ring (bicyclic) bond motifs is 1. The van der Waals surface area contributed by atoms with Gasteiger partial charge in [-0.3, -0.25) is 9.27 Å². The van der Waals surface area contributed by atoms with Crippen molar-refractivity contribution in [1.82, 2.24) is 0 Å². The van der Waals surface area contributed by atoms with Crippen LogP contribution in [0.1, 0.15) is 33.3 Å². The van der Waals surface area contributed by atoms with Gasteiger partial charge in [0.15, 0.2) is 12.0 Å². The third-order valence-electron chi connectivity index (χ3n) is 2.81. The summed E-state index contributed by atoms with van der Waals surface area (Å²) in [4.78, 5) is 0. The molecular formula is C12H18N2O3S. The molecule has 1 heterocycles. The number of hydrogen-bond acceptors (Lipinski definition) is 3. The molecule has 2 rings (SSSR count). The van der Waals surface area contributed by atoms with Gasteiger partial charge in [0.1, 0.15) is 0 Å². The van der Waals surface area contributed by atoms with Crippen molar-refractivity contribution in [2.45, 2.75) is 39.3 Å². The minimum absolute atomic E-state index is 0.0457. The lowest BCUT2D eigenvalue weighted by Gasteiger charge is -2.21. The topological polar surface area (TPSA) is 70.6 Å². The van der Waals surface area contributed by atoms with Crippen molar-refractivity contribution in [3.05, 3.63) is 17.7 Å². The Hall–Kier alpha value is -1.27. The maximum Gasteiger partial charge on any atom is 0.259 e. The highest BCUT2D eigenvalue weighted by atomic mass is 32.2. The van der Waals surface area contributed by atoms with Crippen LogP contribution in [0.15, 0.2) is 12.1 Å². The standard InChI is InChI=1S/C12H18N2O3S/c1-7-13-9-5-8(12(2,3)4)6-10(11(9)17-7)14-18(15)16/h5-7,13-14H,1-4H3,(H,15,16). The predicted octanol–water partition coefficient (Wildman–Crippen LogP) is 2.68. The third-order valence-corrected chi connectivity index (χ3v) is 3.20. The first-order valence-corrected chi connectivity index (χ1v) is 6.87. The Kier molecular flexibility index (Phi) is 3.25. The van der Waals surface area contributed by atoms with Crippen LogP contribution in [0.25, 0.3) is 0 Å². The first kappa shape index (κ1) is 13.2. The Morgan fingerprint density at radius 2 is 2.11 bits per heavy atom. The first-order chi connectivity index (χ1) is 8.27. The molecule has 0 aromatic heterocycles. The lowest BCUT2D eigenvalue weighted by Crippen LogP contribution is -2.14.